The Kier molecular flexibility index (Phi) is 5.01. The summed E-state index contributed by atoms with van der Waals surface area (Å²) in [6.07, 6.45) is 12.5. The van der Waals surface area contributed by atoms with E-state index in [2.05, 4.69) is 20.7 Å². The normalized spacial score (nSPS) is 20.3. The second-order valence-electron chi connectivity index (χ2n) is 7.49. The van der Waals surface area contributed by atoms with Gasteiger partial charge in [-0.15, -0.1) is 5.10 Å². The Bertz CT molecular complexity index is 742. The molecule has 1 aliphatic heterocycles. The zero-order valence-electron chi connectivity index (χ0n) is 15.3. The van der Waals surface area contributed by atoms with Crippen LogP contribution in [-0.4, -0.2) is 54.2 Å². The topological polar surface area (TPSA) is 80.9 Å². The molecule has 0 aromatic carbocycles. The number of hydrogen-bond donors (Lipinski definition) is 1. The van der Waals surface area contributed by atoms with Crippen LogP contribution in [0.1, 0.15) is 54.6 Å². The Morgan fingerprint density at radius 3 is 2.88 bits per heavy atom. The molecule has 0 spiro atoms. The number of aryl methyl sites for hydroxylation is 2. The van der Waals surface area contributed by atoms with Crippen molar-refractivity contribution in [3.05, 3.63) is 29.8 Å². The minimum absolute atomic E-state index is 0.0293. The summed E-state index contributed by atoms with van der Waals surface area (Å²) in [6, 6.07) is 0.875. The maximum Gasteiger partial charge on any atom is 0.276 e. The molecule has 26 heavy (non-hydrogen) atoms. The van der Waals surface area contributed by atoms with E-state index >= 15 is 0 Å². The third-order valence-corrected chi connectivity index (χ3v) is 5.24. The van der Waals surface area contributed by atoms with Crippen molar-refractivity contribution in [3.8, 4) is 0 Å². The first-order valence-electron chi connectivity index (χ1n) is 9.61. The molecule has 2 fully saturated rings. The van der Waals surface area contributed by atoms with E-state index in [1.165, 1.54) is 19.3 Å². The van der Waals surface area contributed by atoms with E-state index in [0.717, 1.165) is 37.9 Å². The molecule has 2 aliphatic rings. The van der Waals surface area contributed by atoms with Crippen LogP contribution in [0.25, 0.3) is 0 Å². The number of nitrogens with one attached hydrogen (secondary N) is 1. The van der Waals surface area contributed by atoms with Gasteiger partial charge in [0.1, 0.15) is 0 Å². The SMILES string of the molecule is Cn1cc(CN(C(=O)c2cn(CC[C@@H]3CCCCN3)nn2)C2CC2)cn1. The number of rotatable bonds is 7. The van der Waals surface area contributed by atoms with Crippen LogP contribution < -0.4 is 5.32 Å². The number of nitrogens with zero attached hydrogens (tertiary/aromatic N) is 6. The predicted molar refractivity (Wildman–Crippen MR) is 96.4 cm³/mol. The summed E-state index contributed by atoms with van der Waals surface area (Å²) >= 11 is 0. The Balaban J connectivity index is 1.37. The number of hydrogen-bond acceptors (Lipinski definition) is 5. The van der Waals surface area contributed by atoms with Crippen LogP contribution in [0.4, 0.5) is 0 Å². The summed E-state index contributed by atoms with van der Waals surface area (Å²) in [6.45, 7) is 2.48. The number of aromatic nitrogens is 5. The first kappa shape index (κ1) is 17.2. The first-order valence-corrected chi connectivity index (χ1v) is 9.61. The molecule has 140 valence electrons. The predicted octanol–water partition coefficient (Wildman–Crippen LogP) is 1.35. The van der Waals surface area contributed by atoms with Gasteiger partial charge in [0.15, 0.2) is 5.69 Å². The lowest BCUT2D eigenvalue weighted by Gasteiger charge is -2.23. The summed E-state index contributed by atoms with van der Waals surface area (Å²) in [4.78, 5) is 14.8. The van der Waals surface area contributed by atoms with E-state index in [9.17, 15) is 4.79 Å². The fourth-order valence-corrected chi connectivity index (χ4v) is 3.61. The molecule has 0 unspecified atom stereocenters. The van der Waals surface area contributed by atoms with Crippen LogP contribution in [0.5, 0.6) is 0 Å². The van der Waals surface area contributed by atoms with Crippen LogP contribution in [0.3, 0.4) is 0 Å². The molecule has 0 radical (unpaired) electrons. The lowest BCUT2D eigenvalue weighted by Crippen LogP contribution is -2.34. The highest BCUT2D eigenvalue weighted by molar-refractivity contribution is 5.92. The Hall–Kier alpha value is -2.22. The van der Waals surface area contributed by atoms with Crippen LogP contribution in [-0.2, 0) is 20.1 Å². The molecule has 1 saturated carbocycles. The zero-order chi connectivity index (χ0) is 17.9. The summed E-state index contributed by atoms with van der Waals surface area (Å²) in [5.74, 6) is -0.0293. The van der Waals surface area contributed by atoms with Crippen molar-refractivity contribution in [2.75, 3.05) is 6.54 Å². The molecule has 3 heterocycles. The lowest BCUT2D eigenvalue weighted by molar-refractivity contribution is 0.0723. The van der Waals surface area contributed by atoms with Gasteiger partial charge in [0, 0.05) is 44.0 Å². The highest BCUT2D eigenvalue weighted by Crippen LogP contribution is 2.29. The zero-order valence-corrected chi connectivity index (χ0v) is 15.3. The van der Waals surface area contributed by atoms with Gasteiger partial charge >= 0.3 is 0 Å². The maximum absolute atomic E-state index is 12.9. The molecule has 1 amide bonds. The lowest BCUT2D eigenvalue weighted by atomic mass is 10.0. The number of carbonyl (C=O) groups excluding carboxylic acids is 1. The van der Waals surface area contributed by atoms with Crippen LogP contribution in [0.15, 0.2) is 18.6 Å². The standard InChI is InChI=1S/C18H27N7O/c1-23-11-14(10-20-23)12-25(16-5-6-16)18(26)17-13-24(22-21-17)9-7-15-4-2-3-8-19-15/h10-11,13,15-16,19H,2-9,12H2,1H3/t15-/m0/s1. The van der Waals surface area contributed by atoms with Gasteiger partial charge in [-0.25, -0.2) is 0 Å². The van der Waals surface area contributed by atoms with E-state index in [-0.39, 0.29) is 5.91 Å². The van der Waals surface area contributed by atoms with Crippen LogP contribution >= 0.6 is 0 Å². The molecule has 8 nitrogen and oxygen atoms in total. The van der Waals surface area contributed by atoms with Crippen molar-refractivity contribution in [2.45, 2.75) is 63.7 Å². The van der Waals surface area contributed by atoms with E-state index in [0.29, 0.717) is 24.3 Å². The smallest absolute Gasteiger partial charge is 0.276 e. The number of amides is 1. The first-order chi connectivity index (χ1) is 12.7. The van der Waals surface area contributed by atoms with E-state index in [1.807, 2.05) is 24.3 Å². The molecule has 1 atom stereocenters. The van der Waals surface area contributed by atoms with Crippen LogP contribution in [0, 0.1) is 0 Å². The molecule has 2 aromatic heterocycles. The van der Waals surface area contributed by atoms with Crippen molar-refractivity contribution in [2.24, 2.45) is 7.05 Å². The summed E-state index contributed by atoms with van der Waals surface area (Å²) in [5, 5.41) is 16.0. The molecule has 4 rings (SSSR count). The van der Waals surface area contributed by atoms with Gasteiger partial charge < -0.3 is 10.2 Å². The van der Waals surface area contributed by atoms with Gasteiger partial charge in [-0.2, -0.15) is 5.10 Å². The summed E-state index contributed by atoms with van der Waals surface area (Å²) in [5.41, 5.74) is 1.49. The molecule has 8 heteroatoms. The Morgan fingerprint density at radius 1 is 1.31 bits per heavy atom. The van der Waals surface area contributed by atoms with E-state index in [1.54, 1.807) is 15.6 Å². The van der Waals surface area contributed by atoms with E-state index in [4.69, 9.17) is 0 Å². The molecule has 1 aliphatic carbocycles. The van der Waals surface area contributed by atoms with Gasteiger partial charge in [0.2, 0.25) is 0 Å². The van der Waals surface area contributed by atoms with Crippen molar-refractivity contribution >= 4 is 5.91 Å². The molecular formula is C18H27N7O. The Morgan fingerprint density at radius 2 is 2.19 bits per heavy atom. The van der Waals surface area contributed by atoms with Gasteiger partial charge in [-0.05, 0) is 38.6 Å². The Labute approximate surface area is 153 Å². The second kappa shape index (κ2) is 7.57. The van der Waals surface area contributed by atoms with Gasteiger partial charge in [-0.3, -0.25) is 14.2 Å². The van der Waals surface area contributed by atoms with Gasteiger partial charge in [-0.1, -0.05) is 11.6 Å². The molecule has 1 N–H and O–H groups in total. The van der Waals surface area contributed by atoms with Crippen molar-refractivity contribution in [1.82, 2.24) is 35.0 Å². The van der Waals surface area contributed by atoms with Crippen molar-refractivity contribution < 1.29 is 4.79 Å². The molecule has 2 aromatic rings. The average molecular weight is 357 g/mol. The maximum atomic E-state index is 12.9. The van der Waals surface area contributed by atoms with Crippen LogP contribution in [0.2, 0.25) is 0 Å². The third-order valence-electron chi connectivity index (χ3n) is 5.24. The minimum atomic E-state index is -0.0293. The molecular weight excluding hydrogens is 330 g/mol. The van der Waals surface area contributed by atoms with Crippen molar-refractivity contribution in [1.29, 1.82) is 0 Å². The number of carbonyl (C=O) groups is 1. The quantitative estimate of drug-likeness (QED) is 0.809. The van der Waals surface area contributed by atoms with Gasteiger partial charge in [0.05, 0.1) is 12.4 Å². The highest BCUT2D eigenvalue weighted by atomic mass is 16.2. The molecule has 1 saturated heterocycles. The highest BCUT2D eigenvalue weighted by Gasteiger charge is 2.34. The summed E-state index contributed by atoms with van der Waals surface area (Å²) < 4.78 is 3.57. The summed E-state index contributed by atoms with van der Waals surface area (Å²) in [7, 11) is 1.89. The molecule has 0 bridgehead atoms. The fourth-order valence-electron chi connectivity index (χ4n) is 3.61. The van der Waals surface area contributed by atoms with Gasteiger partial charge in [0.25, 0.3) is 5.91 Å². The van der Waals surface area contributed by atoms with E-state index < -0.39 is 0 Å². The van der Waals surface area contributed by atoms with Crippen molar-refractivity contribution in [3.63, 3.8) is 0 Å². The monoisotopic (exact) mass is 357 g/mol. The minimum Gasteiger partial charge on any atom is -0.330 e. The third kappa shape index (κ3) is 4.12. The average Bonchev–Trinajstić information content (AvgIpc) is 3.24. The fraction of sp³-hybridized carbons (Fsp3) is 0.667. The number of piperidine rings is 1. The second-order valence-corrected chi connectivity index (χ2v) is 7.49. The largest absolute Gasteiger partial charge is 0.330 e.